The fourth-order valence-electron chi connectivity index (χ4n) is 1.29. The molecule has 18 heavy (non-hydrogen) atoms. The molecule has 0 aromatic heterocycles. The highest BCUT2D eigenvalue weighted by Gasteiger charge is 2.13. The van der Waals surface area contributed by atoms with E-state index in [-0.39, 0.29) is 18.8 Å². The molecule has 0 aliphatic rings. The van der Waals surface area contributed by atoms with E-state index in [2.05, 4.69) is 0 Å². The minimum Gasteiger partial charge on any atom is -0.466 e. The van der Waals surface area contributed by atoms with E-state index in [1.807, 2.05) is 0 Å². The van der Waals surface area contributed by atoms with Gasteiger partial charge in [0.05, 0.1) is 19.1 Å². The van der Waals surface area contributed by atoms with Crippen LogP contribution in [0, 0.1) is 5.82 Å². The number of esters is 1. The van der Waals surface area contributed by atoms with Gasteiger partial charge in [-0.3, -0.25) is 4.79 Å². The first-order valence-electron chi connectivity index (χ1n) is 5.54. The van der Waals surface area contributed by atoms with Crippen LogP contribution < -0.4 is 5.73 Å². The highest BCUT2D eigenvalue weighted by molar-refractivity contribution is 7.99. The Bertz CT molecular complexity index is 414. The first-order valence-corrected chi connectivity index (χ1v) is 6.53. The van der Waals surface area contributed by atoms with Gasteiger partial charge in [-0.15, -0.1) is 11.8 Å². The van der Waals surface area contributed by atoms with Gasteiger partial charge in [-0.05, 0) is 25.1 Å². The maximum Gasteiger partial charge on any atom is 0.308 e. The molecule has 0 heterocycles. The van der Waals surface area contributed by atoms with E-state index >= 15 is 0 Å². The number of hydrogen-bond donors (Lipinski definition) is 2. The number of carbonyl (C=O) groups excluding carboxylic acids is 1. The van der Waals surface area contributed by atoms with Crippen molar-refractivity contribution in [3.05, 3.63) is 24.0 Å². The van der Waals surface area contributed by atoms with Crippen LogP contribution in [-0.2, 0) is 9.53 Å². The number of nitrogens with two attached hydrogens (primary N) is 1. The predicted octanol–water partition coefficient (Wildman–Crippen LogP) is 1.81. The Morgan fingerprint density at radius 1 is 1.61 bits per heavy atom. The molecular formula is C12H16FNO3S. The lowest BCUT2D eigenvalue weighted by molar-refractivity contribution is -0.144. The number of carbonyl (C=O) groups is 1. The zero-order chi connectivity index (χ0) is 13.5. The number of hydrogen-bond acceptors (Lipinski definition) is 5. The molecule has 1 rings (SSSR count). The second-order valence-electron chi connectivity index (χ2n) is 3.66. The van der Waals surface area contributed by atoms with E-state index in [4.69, 9.17) is 10.5 Å². The van der Waals surface area contributed by atoms with Crippen molar-refractivity contribution in [2.75, 3.05) is 18.1 Å². The molecule has 0 amide bonds. The summed E-state index contributed by atoms with van der Waals surface area (Å²) >= 11 is 1.14. The van der Waals surface area contributed by atoms with Crippen molar-refractivity contribution in [3.63, 3.8) is 0 Å². The topological polar surface area (TPSA) is 72.5 Å². The maximum absolute atomic E-state index is 13.4. The van der Waals surface area contributed by atoms with Crippen LogP contribution in [0.3, 0.4) is 0 Å². The largest absolute Gasteiger partial charge is 0.466 e. The molecule has 0 aliphatic carbocycles. The number of nitrogen functional groups attached to an aromatic ring is 1. The summed E-state index contributed by atoms with van der Waals surface area (Å²) in [7, 11) is 0. The van der Waals surface area contributed by atoms with E-state index in [1.54, 1.807) is 19.1 Å². The molecule has 1 atom stereocenters. The quantitative estimate of drug-likeness (QED) is 0.470. The first kappa shape index (κ1) is 14.8. The number of rotatable bonds is 6. The molecule has 6 heteroatoms. The van der Waals surface area contributed by atoms with Gasteiger partial charge in [0, 0.05) is 16.3 Å². The van der Waals surface area contributed by atoms with E-state index in [1.165, 1.54) is 6.07 Å². The minimum absolute atomic E-state index is 0.0859. The molecule has 1 aromatic rings. The van der Waals surface area contributed by atoms with Crippen LogP contribution in [0.25, 0.3) is 0 Å². The number of halogens is 1. The van der Waals surface area contributed by atoms with Gasteiger partial charge in [0.1, 0.15) is 5.82 Å². The monoisotopic (exact) mass is 273 g/mol. The van der Waals surface area contributed by atoms with Crippen molar-refractivity contribution in [2.24, 2.45) is 0 Å². The Balaban J connectivity index is 2.42. The number of anilines is 1. The molecule has 0 aliphatic heterocycles. The lowest BCUT2D eigenvalue weighted by Gasteiger charge is -2.10. The summed E-state index contributed by atoms with van der Waals surface area (Å²) in [5, 5.41) is 9.58. The Hall–Kier alpha value is -1.27. The van der Waals surface area contributed by atoms with Crippen LogP contribution in [0.5, 0.6) is 0 Å². The molecule has 0 saturated carbocycles. The zero-order valence-electron chi connectivity index (χ0n) is 10.1. The molecule has 0 spiro atoms. The summed E-state index contributed by atoms with van der Waals surface area (Å²) < 4.78 is 18.1. The van der Waals surface area contributed by atoms with Gasteiger partial charge < -0.3 is 15.6 Å². The second-order valence-corrected chi connectivity index (χ2v) is 4.73. The lowest BCUT2D eigenvalue weighted by atomic mass is 10.3. The third-order valence-corrected chi connectivity index (χ3v) is 3.29. The summed E-state index contributed by atoms with van der Waals surface area (Å²) in [6.45, 7) is 1.98. The molecule has 3 N–H and O–H groups in total. The third-order valence-electron chi connectivity index (χ3n) is 2.09. The van der Waals surface area contributed by atoms with E-state index < -0.39 is 17.9 Å². The molecule has 4 nitrogen and oxygen atoms in total. The fourth-order valence-corrected chi connectivity index (χ4v) is 2.14. The number of ether oxygens (including phenoxy) is 1. The van der Waals surface area contributed by atoms with Gasteiger partial charge in [-0.1, -0.05) is 0 Å². The van der Waals surface area contributed by atoms with Crippen molar-refractivity contribution < 1.29 is 19.0 Å². The smallest absolute Gasteiger partial charge is 0.308 e. The fraction of sp³-hybridized carbons (Fsp3) is 0.417. The van der Waals surface area contributed by atoms with Crippen molar-refractivity contribution in [2.45, 2.75) is 24.3 Å². The van der Waals surface area contributed by atoms with Crippen molar-refractivity contribution in [1.82, 2.24) is 0 Å². The predicted molar refractivity (Wildman–Crippen MR) is 68.8 cm³/mol. The van der Waals surface area contributed by atoms with Gasteiger partial charge in [-0.2, -0.15) is 0 Å². The van der Waals surface area contributed by atoms with Crippen LogP contribution in [0.15, 0.2) is 23.1 Å². The SMILES string of the molecule is CCOC(=O)CC(O)CSc1ccc(N)cc1F. The van der Waals surface area contributed by atoms with Crippen molar-refractivity contribution >= 4 is 23.4 Å². The number of benzene rings is 1. The highest BCUT2D eigenvalue weighted by Crippen LogP contribution is 2.24. The van der Waals surface area contributed by atoms with Gasteiger partial charge in [-0.25, -0.2) is 4.39 Å². The van der Waals surface area contributed by atoms with Crippen LogP contribution in [0.4, 0.5) is 10.1 Å². The second kappa shape index (κ2) is 7.23. The van der Waals surface area contributed by atoms with Crippen molar-refractivity contribution in [1.29, 1.82) is 0 Å². The van der Waals surface area contributed by atoms with Gasteiger partial charge in [0.25, 0.3) is 0 Å². The first-order chi connectivity index (χ1) is 8.52. The molecule has 0 radical (unpaired) electrons. The molecule has 1 unspecified atom stereocenters. The number of thioether (sulfide) groups is 1. The molecule has 1 aromatic carbocycles. The van der Waals surface area contributed by atoms with Crippen LogP contribution >= 0.6 is 11.8 Å². The van der Waals surface area contributed by atoms with Crippen LogP contribution in [0.1, 0.15) is 13.3 Å². The van der Waals surface area contributed by atoms with Crippen molar-refractivity contribution in [3.8, 4) is 0 Å². The average molecular weight is 273 g/mol. The maximum atomic E-state index is 13.4. The zero-order valence-corrected chi connectivity index (χ0v) is 10.9. The van der Waals surface area contributed by atoms with Gasteiger partial charge in [0.15, 0.2) is 0 Å². The normalized spacial score (nSPS) is 12.2. The average Bonchev–Trinajstić information content (AvgIpc) is 2.28. The van der Waals surface area contributed by atoms with Crippen LogP contribution in [-0.4, -0.2) is 29.5 Å². The van der Waals surface area contributed by atoms with Gasteiger partial charge >= 0.3 is 5.97 Å². The summed E-state index contributed by atoms with van der Waals surface area (Å²) in [5.41, 5.74) is 5.77. The Morgan fingerprint density at radius 3 is 2.94 bits per heavy atom. The number of aliphatic hydroxyl groups excluding tert-OH is 1. The molecule has 0 bridgehead atoms. The summed E-state index contributed by atoms with van der Waals surface area (Å²) in [6, 6.07) is 4.36. The Morgan fingerprint density at radius 2 is 2.33 bits per heavy atom. The number of aliphatic hydroxyl groups is 1. The van der Waals surface area contributed by atoms with Crippen LogP contribution in [0.2, 0.25) is 0 Å². The molecule has 100 valence electrons. The lowest BCUT2D eigenvalue weighted by Crippen LogP contribution is -2.17. The third kappa shape index (κ3) is 4.93. The standard InChI is InChI=1S/C12H16FNO3S/c1-2-17-12(16)6-9(15)7-18-11-4-3-8(14)5-10(11)13/h3-5,9,15H,2,6-7,14H2,1H3. The Labute approximate surface area is 109 Å². The van der Waals surface area contributed by atoms with E-state index in [9.17, 15) is 14.3 Å². The summed E-state index contributed by atoms with van der Waals surface area (Å²) in [4.78, 5) is 11.5. The molecule has 0 saturated heterocycles. The molecule has 0 fully saturated rings. The van der Waals surface area contributed by atoms with Gasteiger partial charge in [0.2, 0.25) is 0 Å². The summed E-state index contributed by atoms with van der Waals surface area (Å²) in [5.74, 6) is -0.661. The molecular weight excluding hydrogens is 257 g/mol. The van der Waals surface area contributed by atoms with E-state index in [0.29, 0.717) is 10.6 Å². The minimum atomic E-state index is -0.856. The Kier molecular flexibility index (Phi) is 5.94. The summed E-state index contributed by atoms with van der Waals surface area (Å²) in [6.07, 6.45) is -0.941. The highest BCUT2D eigenvalue weighted by atomic mass is 32.2. The van der Waals surface area contributed by atoms with E-state index in [0.717, 1.165) is 11.8 Å².